The highest BCUT2D eigenvalue weighted by atomic mass is 32.2. The Morgan fingerprint density at radius 1 is 1.15 bits per heavy atom. The van der Waals surface area contributed by atoms with Crippen molar-refractivity contribution in [2.75, 3.05) is 18.9 Å². The topological polar surface area (TPSA) is 119 Å². The van der Waals surface area contributed by atoms with Crippen LogP contribution in [0.4, 0.5) is 5.69 Å². The van der Waals surface area contributed by atoms with E-state index in [2.05, 4.69) is 4.40 Å². The number of hydrogen-bond donors (Lipinski definition) is 0. The third-order valence-corrected chi connectivity index (χ3v) is 6.14. The summed E-state index contributed by atoms with van der Waals surface area (Å²) in [6.07, 6.45) is 7.10. The lowest BCUT2D eigenvalue weighted by Crippen LogP contribution is -2.34. The van der Waals surface area contributed by atoms with Crippen molar-refractivity contribution >= 4 is 27.5 Å². The van der Waals surface area contributed by atoms with E-state index in [0.29, 0.717) is 24.4 Å². The van der Waals surface area contributed by atoms with Crippen LogP contribution in [0.15, 0.2) is 77.2 Å². The number of amidine groups is 1. The van der Waals surface area contributed by atoms with Crippen molar-refractivity contribution in [2.24, 2.45) is 4.40 Å². The van der Waals surface area contributed by atoms with E-state index in [-0.39, 0.29) is 30.2 Å². The molecule has 0 aliphatic carbocycles. The van der Waals surface area contributed by atoms with E-state index in [1.54, 1.807) is 24.0 Å². The predicted molar refractivity (Wildman–Crippen MR) is 129 cm³/mol. The van der Waals surface area contributed by atoms with Gasteiger partial charge in [-0.1, -0.05) is 54.6 Å². The lowest BCUT2D eigenvalue weighted by molar-refractivity contribution is -0.385. The Hall–Kier alpha value is -3.79. The van der Waals surface area contributed by atoms with Gasteiger partial charge in [0.1, 0.15) is 12.4 Å². The summed E-state index contributed by atoms with van der Waals surface area (Å²) >= 11 is 0. The molecule has 2 aromatic rings. The Bertz CT molecular complexity index is 1240. The van der Waals surface area contributed by atoms with Gasteiger partial charge in [-0.2, -0.15) is 0 Å². The maximum atomic E-state index is 12.5. The standard InChI is InChI=1S/C24H25N3O6S/c1-19-17-21(12-13-22(19)27(29)30)24(28)33-15-14-26(18-20-9-5-4-6-10-20)23-11-7-2-3-8-16-34(31,32)25-23/h2-10,12-13,17H,11,14-16,18H2,1H3/b7-2-,8-3-,25-23+. The van der Waals surface area contributed by atoms with Crippen molar-refractivity contribution in [1.82, 2.24) is 4.90 Å². The summed E-state index contributed by atoms with van der Waals surface area (Å²) in [5, 5.41) is 11.0. The van der Waals surface area contributed by atoms with Gasteiger partial charge in [-0.25, -0.2) is 13.2 Å². The summed E-state index contributed by atoms with van der Waals surface area (Å²) in [6, 6.07) is 13.5. The smallest absolute Gasteiger partial charge is 0.338 e. The van der Waals surface area contributed by atoms with E-state index in [9.17, 15) is 23.3 Å². The Morgan fingerprint density at radius 2 is 1.88 bits per heavy atom. The normalized spacial score (nSPS) is 18.3. The molecule has 1 aliphatic rings. The number of carbonyl (C=O) groups excluding carboxylic acids is 1. The molecule has 0 radical (unpaired) electrons. The van der Waals surface area contributed by atoms with Gasteiger partial charge in [0.2, 0.25) is 0 Å². The second-order valence-electron chi connectivity index (χ2n) is 7.62. The summed E-state index contributed by atoms with van der Waals surface area (Å²) < 4.78 is 34.2. The number of esters is 1. The number of rotatable bonds is 7. The number of ether oxygens (including phenoxy) is 1. The predicted octanol–water partition coefficient (Wildman–Crippen LogP) is 3.81. The van der Waals surface area contributed by atoms with Gasteiger partial charge in [0, 0.05) is 24.6 Å². The van der Waals surface area contributed by atoms with E-state index in [1.165, 1.54) is 24.3 Å². The molecule has 10 heteroatoms. The van der Waals surface area contributed by atoms with Gasteiger partial charge in [0.05, 0.1) is 22.8 Å². The quantitative estimate of drug-likeness (QED) is 0.334. The van der Waals surface area contributed by atoms with Crippen LogP contribution in [-0.2, 0) is 21.3 Å². The molecule has 178 valence electrons. The molecule has 1 heterocycles. The summed E-state index contributed by atoms with van der Waals surface area (Å²) in [7, 11) is -3.70. The second-order valence-corrected chi connectivity index (χ2v) is 9.30. The minimum Gasteiger partial charge on any atom is -0.460 e. The van der Waals surface area contributed by atoms with Gasteiger partial charge in [-0.15, -0.1) is 4.40 Å². The fraction of sp³-hybridized carbons (Fsp3) is 0.250. The van der Waals surface area contributed by atoms with Crippen LogP contribution in [0.5, 0.6) is 0 Å². The number of hydrogen-bond acceptors (Lipinski definition) is 7. The number of sulfonamides is 1. The molecular formula is C24H25N3O6S. The van der Waals surface area contributed by atoms with Crippen LogP contribution < -0.4 is 0 Å². The summed E-state index contributed by atoms with van der Waals surface area (Å²) in [5.74, 6) is -0.467. The van der Waals surface area contributed by atoms with Crippen LogP contribution in [0.25, 0.3) is 0 Å². The molecule has 0 saturated carbocycles. The van der Waals surface area contributed by atoms with E-state index in [4.69, 9.17) is 4.74 Å². The molecule has 0 fully saturated rings. The Labute approximate surface area is 198 Å². The van der Waals surface area contributed by atoms with Gasteiger partial charge >= 0.3 is 5.97 Å². The first-order valence-electron chi connectivity index (χ1n) is 10.6. The summed E-state index contributed by atoms with van der Waals surface area (Å²) in [6.45, 7) is 2.12. The molecular weight excluding hydrogens is 458 g/mol. The van der Waals surface area contributed by atoms with Crippen LogP contribution in [0.1, 0.15) is 27.9 Å². The fourth-order valence-electron chi connectivity index (χ4n) is 3.35. The first-order valence-corrected chi connectivity index (χ1v) is 12.2. The average Bonchev–Trinajstić information content (AvgIpc) is 2.88. The van der Waals surface area contributed by atoms with Gasteiger partial charge in [-0.05, 0) is 24.6 Å². The number of carbonyl (C=O) groups is 1. The zero-order valence-corrected chi connectivity index (χ0v) is 19.5. The lowest BCUT2D eigenvalue weighted by Gasteiger charge is -2.25. The highest BCUT2D eigenvalue weighted by Crippen LogP contribution is 2.19. The molecule has 9 nitrogen and oxygen atoms in total. The number of benzene rings is 2. The zero-order valence-electron chi connectivity index (χ0n) is 18.7. The van der Waals surface area contributed by atoms with Crippen molar-refractivity contribution in [3.8, 4) is 0 Å². The maximum Gasteiger partial charge on any atom is 0.338 e. The number of nitro benzene ring substituents is 1. The highest BCUT2D eigenvalue weighted by molar-refractivity contribution is 7.90. The van der Waals surface area contributed by atoms with Crippen molar-refractivity contribution in [2.45, 2.75) is 19.9 Å². The fourth-order valence-corrected chi connectivity index (χ4v) is 4.29. The summed E-state index contributed by atoms with van der Waals surface area (Å²) in [5.41, 5.74) is 1.43. The molecule has 0 amide bonds. The molecule has 0 N–H and O–H groups in total. The molecule has 3 rings (SSSR count). The van der Waals surface area contributed by atoms with E-state index >= 15 is 0 Å². The number of nitrogens with zero attached hydrogens (tertiary/aromatic N) is 3. The van der Waals surface area contributed by atoms with Gasteiger partial charge in [-0.3, -0.25) is 10.1 Å². The minimum absolute atomic E-state index is 0.0251. The number of aryl methyl sites for hydroxylation is 1. The summed E-state index contributed by atoms with van der Waals surface area (Å²) in [4.78, 5) is 24.7. The van der Waals surface area contributed by atoms with E-state index < -0.39 is 20.9 Å². The molecule has 0 aromatic heterocycles. The van der Waals surface area contributed by atoms with E-state index in [1.807, 2.05) is 36.4 Å². The molecule has 34 heavy (non-hydrogen) atoms. The highest BCUT2D eigenvalue weighted by Gasteiger charge is 2.18. The Kier molecular flexibility index (Phi) is 8.31. The molecule has 0 atom stereocenters. The molecule has 0 saturated heterocycles. The molecule has 2 aromatic carbocycles. The number of allylic oxidation sites excluding steroid dienone is 2. The third kappa shape index (κ3) is 7.11. The SMILES string of the molecule is Cc1cc(C(=O)OCCN(Cc2ccccc2)/C2=N/S(=O)(=O)C/C=C\C=C/C2)ccc1[N+](=O)[O-]. The Morgan fingerprint density at radius 3 is 2.59 bits per heavy atom. The van der Waals surface area contributed by atoms with Gasteiger partial charge < -0.3 is 9.64 Å². The van der Waals surface area contributed by atoms with Gasteiger partial charge in [0.25, 0.3) is 15.7 Å². The largest absolute Gasteiger partial charge is 0.460 e. The van der Waals surface area contributed by atoms with Crippen LogP contribution in [0, 0.1) is 17.0 Å². The molecule has 0 unspecified atom stereocenters. The van der Waals surface area contributed by atoms with Crippen molar-refractivity contribution < 1.29 is 22.9 Å². The van der Waals surface area contributed by atoms with Crippen LogP contribution in [-0.4, -0.2) is 49.0 Å². The lowest BCUT2D eigenvalue weighted by atomic mass is 10.1. The Balaban J connectivity index is 1.76. The van der Waals surface area contributed by atoms with Crippen LogP contribution in [0.2, 0.25) is 0 Å². The minimum atomic E-state index is -3.70. The van der Waals surface area contributed by atoms with Crippen LogP contribution in [0.3, 0.4) is 0 Å². The number of nitro groups is 1. The first kappa shape index (κ1) is 24.8. The molecule has 0 spiro atoms. The van der Waals surface area contributed by atoms with Gasteiger partial charge in [0.15, 0.2) is 0 Å². The van der Waals surface area contributed by atoms with E-state index in [0.717, 1.165) is 5.56 Å². The zero-order chi connectivity index (χ0) is 24.6. The monoisotopic (exact) mass is 483 g/mol. The van der Waals surface area contributed by atoms with Crippen molar-refractivity contribution in [1.29, 1.82) is 0 Å². The molecule has 0 bridgehead atoms. The second kappa shape index (κ2) is 11.4. The first-order chi connectivity index (χ1) is 16.2. The van der Waals surface area contributed by atoms with Crippen molar-refractivity contribution in [3.63, 3.8) is 0 Å². The molecule has 1 aliphatic heterocycles. The average molecular weight is 484 g/mol. The van der Waals surface area contributed by atoms with Crippen LogP contribution >= 0.6 is 0 Å². The van der Waals surface area contributed by atoms with Crippen molar-refractivity contribution in [3.05, 3.63) is 99.6 Å². The third-order valence-electron chi connectivity index (χ3n) is 5.04. The maximum absolute atomic E-state index is 12.5.